The van der Waals surface area contributed by atoms with Gasteiger partial charge in [0.1, 0.15) is 11.9 Å². The highest BCUT2D eigenvalue weighted by Crippen LogP contribution is 2.23. The molecule has 2 amide bonds. The topological polar surface area (TPSA) is 62.3 Å². The number of carbonyl (C=O) groups is 2. The molecule has 0 aliphatic carbocycles. The van der Waals surface area contributed by atoms with E-state index in [1.807, 2.05) is 31.2 Å². The van der Waals surface area contributed by atoms with Crippen molar-refractivity contribution in [2.24, 2.45) is 0 Å². The third-order valence-electron chi connectivity index (χ3n) is 4.08. The molecule has 3 rings (SSSR count). The Morgan fingerprint density at radius 2 is 2.04 bits per heavy atom. The van der Waals surface area contributed by atoms with Crippen molar-refractivity contribution in [1.82, 2.24) is 9.88 Å². The molecule has 1 atom stereocenters. The number of nitrogens with one attached hydrogen (secondary N) is 1. The van der Waals surface area contributed by atoms with Crippen LogP contribution in [0.25, 0.3) is 0 Å². The first-order valence-electron chi connectivity index (χ1n) is 7.80. The molecule has 1 aromatic carbocycles. The van der Waals surface area contributed by atoms with E-state index in [1.165, 1.54) is 6.20 Å². The van der Waals surface area contributed by atoms with Gasteiger partial charge in [-0.15, -0.1) is 0 Å². The number of hydrogen-bond acceptors (Lipinski definition) is 3. The van der Waals surface area contributed by atoms with Gasteiger partial charge in [0.05, 0.1) is 5.02 Å². The van der Waals surface area contributed by atoms with Crippen molar-refractivity contribution in [3.63, 3.8) is 0 Å². The minimum Gasteiger partial charge on any atom is -0.326 e. The molecule has 1 unspecified atom stereocenters. The van der Waals surface area contributed by atoms with Gasteiger partial charge in [0.15, 0.2) is 0 Å². The van der Waals surface area contributed by atoms with Gasteiger partial charge in [-0.3, -0.25) is 9.59 Å². The Balaban J connectivity index is 1.70. The summed E-state index contributed by atoms with van der Waals surface area (Å²) in [6.45, 7) is 2.45. The monoisotopic (exact) mass is 343 g/mol. The minimum atomic E-state index is -0.476. The number of hydrogen-bond donors (Lipinski definition) is 1. The van der Waals surface area contributed by atoms with E-state index >= 15 is 0 Å². The fourth-order valence-electron chi connectivity index (χ4n) is 2.75. The molecule has 0 radical (unpaired) electrons. The Morgan fingerprint density at radius 3 is 2.71 bits per heavy atom. The Kier molecular flexibility index (Phi) is 4.81. The number of carbonyl (C=O) groups excluding carboxylic acids is 2. The lowest BCUT2D eigenvalue weighted by Crippen LogP contribution is -2.41. The fourth-order valence-corrected chi connectivity index (χ4v) is 2.87. The molecule has 1 N–H and O–H groups in total. The predicted molar refractivity (Wildman–Crippen MR) is 92.6 cm³/mol. The summed E-state index contributed by atoms with van der Waals surface area (Å²) in [5, 5.41) is 3.26. The number of anilines is 1. The maximum absolute atomic E-state index is 12.5. The third kappa shape index (κ3) is 3.74. The van der Waals surface area contributed by atoms with E-state index in [9.17, 15) is 9.59 Å². The average molecular weight is 344 g/mol. The van der Waals surface area contributed by atoms with Crippen molar-refractivity contribution in [3.8, 4) is 0 Å². The van der Waals surface area contributed by atoms with E-state index in [0.717, 1.165) is 11.1 Å². The quantitative estimate of drug-likeness (QED) is 0.927. The molecule has 1 aliphatic rings. The Labute approximate surface area is 145 Å². The maximum atomic E-state index is 12.5. The van der Waals surface area contributed by atoms with Crippen LogP contribution >= 0.6 is 11.6 Å². The molecule has 124 valence electrons. The lowest BCUT2D eigenvalue weighted by molar-refractivity contribution is -0.133. The van der Waals surface area contributed by atoms with Crippen molar-refractivity contribution >= 4 is 29.2 Å². The number of likely N-dealkylation sites (tertiary alicyclic amines) is 1. The fraction of sp³-hybridized carbons (Fsp3) is 0.278. The number of amides is 2. The van der Waals surface area contributed by atoms with Crippen LogP contribution in [0.4, 0.5) is 5.82 Å². The Morgan fingerprint density at radius 1 is 1.29 bits per heavy atom. The van der Waals surface area contributed by atoms with Gasteiger partial charge >= 0.3 is 0 Å². The van der Waals surface area contributed by atoms with Gasteiger partial charge in [-0.25, -0.2) is 4.98 Å². The molecule has 6 heteroatoms. The highest BCUT2D eigenvalue weighted by Gasteiger charge is 2.36. The standard InChI is InChI=1S/C18H18ClN3O2/c1-12-2-4-13(5-3-12)11-22-15(7-9-17(22)23)18(24)21-16-8-6-14(19)10-20-16/h2-6,8,10,15H,7,9,11H2,1H3,(H,20,21,24). The molecular weight excluding hydrogens is 326 g/mol. The third-order valence-corrected chi connectivity index (χ3v) is 4.31. The van der Waals surface area contributed by atoms with Gasteiger partial charge in [-0.2, -0.15) is 0 Å². The highest BCUT2D eigenvalue weighted by molar-refractivity contribution is 6.30. The van der Waals surface area contributed by atoms with Crippen molar-refractivity contribution in [2.75, 3.05) is 5.32 Å². The number of benzene rings is 1. The van der Waals surface area contributed by atoms with E-state index in [-0.39, 0.29) is 11.8 Å². The summed E-state index contributed by atoms with van der Waals surface area (Å²) in [7, 11) is 0. The lowest BCUT2D eigenvalue weighted by atomic mass is 10.1. The Hall–Kier alpha value is -2.40. The summed E-state index contributed by atoms with van der Waals surface area (Å²) in [6.07, 6.45) is 2.38. The number of aryl methyl sites for hydroxylation is 1. The first-order chi connectivity index (χ1) is 11.5. The first-order valence-corrected chi connectivity index (χ1v) is 8.18. The predicted octanol–water partition coefficient (Wildman–Crippen LogP) is 3.17. The van der Waals surface area contributed by atoms with Crippen molar-refractivity contribution in [1.29, 1.82) is 0 Å². The maximum Gasteiger partial charge on any atom is 0.248 e. The molecule has 0 spiro atoms. The number of pyridine rings is 1. The molecule has 0 bridgehead atoms. The average Bonchev–Trinajstić information content (AvgIpc) is 2.93. The van der Waals surface area contributed by atoms with Crippen LogP contribution in [-0.4, -0.2) is 27.7 Å². The largest absolute Gasteiger partial charge is 0.326 e. The number of rotatable bonds is 4. The summed E-state index contributed by atoms with van der Waals surface area (Å²) < 4.78 is 0. The zero-order valence-electron chi connectivity index (χ0n) is 13.3. The molecule has 2 heterocycles. The molecule has 2 aromatic rings. The number of nitrogens with zero attached hydrogens (tertiary/aromatic N) is 2. The molecule has 5 nitrogen and oxygen atoms in total. The van der Waals surface area contributed by atoms with Crippen LogP contribution < -0.4 is 5.32 Å². The highest BCUT2D eigenvalue weighted by atomic mass is 35.5. The zero-order valence-corrected chi connectivity index (χ0v) is 14.1. The molecule has 1 aromatic heterocycles. The van der Waals surface area contributed by atoms with Crippen molar-refractivity contribution < 1.29 is 9.59 Å². The Bertz CT molecular complexity index is 744. The molecule has 24 heavy (non-hydrogen) atoms. The smallest absolute Gasteiger partial charge is 0.248 e. The molecule has 1 fully saturated rings. The second-order valence-electron chi connectivity index (χ2n) is 5.91. The SMILES string of the molecule is Cc1ccc(CN2C(=O)CCC2C(=O)Nc2ccc(Cl)cn2)cc1. The summed E-state index contributed by atoms with van der Waals surface area (Å²) in [5.74, 6) is 0.210. The summed E-state index contributed by atoms with van der Waals surface area (Å²) in [4.78, 5) is 30.4. The molecule has 0 saturated carbocycles. The van der Waals surface area contributed by atoms with E-state index in [1.54, 1.807) is 17.0 Å². The summed E-state index contributed by atoms with van der Waals surface area (Å²) >= 11 is 5.79. The van der Waals surface area contributed by atoms with Gasteiger partial charge in [0, 0.05) is 19.2 Å². The zero-order chi connectivity index (χ0) is 17.1. The number of halogens is 1. The summed E-state index contributed by atoms with van der Waals surface area (Å²) in [6, 6.07) is 10.8. The van der Waals surface area contributed by atoms with Crippen LogP contribution in [0.5, 0.6) is 0 Å². The van der Waals surface area contributed by atoms with Crippen molar-refractivity contribution in [2.45, 2.75) is 32.4 Å². The first kappa shape index (κ1) is 16.5. The second kappa shape index (κ2) is 7.01. The summed E-state index contributed by atoms with van der Waals surface area (Å²) in [5.41, 5.74) is 2.17. The van der Waals surface area contributed by atoms with Crippen LogP contribution in [0.15, 0.2) is 42.6 Å². The van der Waals surface area contributed by atoms with E-state index in [4.69, 9.17) is 11.6 Å². The van der Waals surface area contributed by atoms with Gasteiger partial charge in [0.2, 0.25) is 11.8 Å². The van der Waals surface area contributed by atoms with Crippen LogP contribution in [-0.2, 0) is 16.1 Å². The van der Waals surface area contributed by atoms with E-state index < -0.39 is 6.04 Å². The van der Waals surface area contributed by atoms with Gasteiger partial charge in [-0.05, 0) is 31.0 Å². The van der Waals surface area contributed by atoms with Crippen LogP contribution in [0.2, 0.25) is 5.02 Å². The normalized spacial score (nSPS) is 17.2. The second-order valence-corrected chi connectivity index (χ2v) is 6.35. The van der Waals surface area contributed by atoms with Gasteiger partial charge in [0.25, 0.3) is 0 Å². The van der Waals surface area contributed by atoms with E-state index in [0.29, 0.717) is 30.2 Å². The van der Waals surface area contributed by atoms with E-state index in [2.05, 4.69) is 10.3 Å². The minimum absolute atomic E-state index is 0.000194. The molecule has 1 saturated heterocycles. The van der Waals surface area contributed by atoms with Crippen LogP contribution in [0, 0.1) is 6.92 Å². The lowest BCUT2D eigenvalue weighted by Gasteiger charge is -2.24. The van der Waals surface area contributed by atoms with Gasteiger partial charge in [-0.1, -0.05) is 41.4 Å². The van der Waals surface area contributed by atoms with Crippen LogP contribution in [0.1, 0.15) is 24.0 Å². The van der Waals surface area contributed by atoms with Crippen molar-refractivity contribution in [3.05, 3.63) is 58.7 Å². The molecular formula is C18H18ClN3O2. The van der Waals surface area contributed by atoms with Gasteiger partial charge < -0.3 is 10.2 Å². The molecule has 1 aliphatic heterocycles. The number of aromatic nitrogens is 1. The van der Waals surface area contributed by atoms with Crippen LogP contribution in [0.3, 0.4) is 0 Å².